The smallest absolute Gasteiger partial charge is 0.0155 e. The zero-order valence-corrected chi connectivity index (χ0v) is 11.7. The highest BCUT2D eigenvalue weighted by Gasteiger charge is 2.16. The Morgan fingerprint density at radius 2 is 1.55 bits per heavy atom. The van der Waals surface area contributed by atoms with Crippen molar-refractivity contribution in [1.29, 1.82) is 0 Å². The Balaban J connectivity index is 0.00000147. The highest BCUT2D eigenvalue weighted by Crippen LogP contribution is 2.34. The minimum absolute atomic E-state index is 0. The second-order valence-corrected chi connectivity index (χ2v) is 5.78. The first-order valence-corrected chi connectivity index (χ1v) is 7.50. The molecule has 0 N–H and O–H groups in total. The molecule has 0 atom stereocenters. The summed E-state index contributed by atoms with van der Waals surface area (Å²) < 4.78 is 0. The van der Waals surface area contributed by atoms with Gasteiger partial charge in [0.2, 0.25) is 0 Å². The number of hydrogen-bond donors (Lipinski definition) is 0. The van der Waals surface area contributed by atoms with E-state index in [4.69, 9.17) is 0 Å². The van der Waals surface area contributed by atoms with Crippen molar-refractivity contribution < 1.29 is 0 Å². The molecule has 0 unspecified atom stereocenters. The molecule has 0 heterocycles. The van der Waals surface area contributed by atoms with Crippen LogP contribution in [-0.2, 0) is 0 Å². The van der Waals surface area contributed by atoms with Crippen molar-refractivity contribution in [2.45, 2.75) is 52.4 Å². The summed E-state index contributed by atoms with van der Waals surface area (Å²) in [5.74, 6) is 0.803. The Labute approximate surface area is 123 Å². The molecule has 0 nitrogen and oxygen atoms in total. The summed E-state index contributed by atoms with van der Waals surface area (Å²) in [6.45, 7) is 2.24. The van der Waals surface area contributed by atoms with E-state index in [1.807, 2.05) is 0 Å². The molecule has 0 radical (unpaired) electrons. The van der Waals surface area contributed by atoms with E-state index in [1.54, 1.807) is 5.56 Å². The van der Waals surface area contributed by atoms with E-state index in [1.165, 1.54) is 48.8 Å². The fourth-order valence-electron chi connectivity index (χ4n) is 3.32. The van der Waals surface area contributed by atoms with Gasteiger partial charge in [0.25, 0.3) is 0 Å². The lowest BCUT2D eigenvalue weighted by Crippen LogP contribution is -2.04. The molecule has 106 valence electrons. The number of benzene rings is 2. The van der Waals surface area contributed by atoms with E-state index in [-0.39, 0.29) is 7.43 Å². The summed E-state index contributed by atoms with van der Waals surface area (Å²) >= 11 is 0. The second-order valence-electron chi connectivity index (χ2n) is 5.78. The quantitative estimate of drug-likeness (QED) is 0.594. The van der Waals surface area contributed by atoms with Gasteiger partial charge in [0.15, 0.2) is 0 Å². The standard InChI is InChI=1S/C19H22.CH4/c1-15-14-18(16-8-4-2-5-9-16)12-13-19(15)17-10-6-3-7-11-17;/h3,6-7,10-14,16H,2,4-5,8-9H2,1H3;1H4. The van der Waals surface area contributed by atoms with Gasteiger partial charge < -0.3 is 0 Å². The molecule has 2 aromatic rings. The zero-order chi connectivity index (χ0) is 13.1. The van der Waals surface area contributed by atoms with Crippen molar-refractivity contribution in [2.75, 3.05) is 0 Å². The molecule has 20 heavy (non-hydrogen) atoms. The monoisotopic (exact) mass is 266 g/mol. The van der Waals surface area contributed by atoms with Crippen molar-refractivity contribution in [1.82, 2.24) is 0 Å². The van der Waals surface area contributed by atoms with Crippen LogP contribution < -0.4 is 0 Å². The normalized spacial score (nSPS) is 15.7. The minimum Gasteiger partial charge on any atom is -0.0776 e. The highest BCUT2D eigenvalue weighted by molar-refractivity contribution is 5.67. The first-order chi connectivity index (χ1) is 9.34. The maximum Gasteiger partial charge on any atom is -0.0155 e. The van der Waals surface area contributed by atoms with Gasteiger partial charge in [-0.15, -0.1) is 0 Å². The molecule has 0 saturated heterocycles. The van der Waals surface area contributed by atoms with Crippen LogP contribution in [0.5, 0.6) is 0 Å². The summed E-state index contributed by atoms with van der Waals surface area (Å²) in [7, 11) is 0. The summed E-state index contributed by atoms with van der Waals surface area (Å²) in [5, 5.41) is 0. The molecule has 1 saturated carbocycles. The van der Waals surface area contributed by atoms with Crippen LogP contribution in [0.3, 0.4) is 0 Å². The van der Waals surface area contributed by atoms with Gasteiger partial charge in [-0.2, -0.15) is 0 Å². The largest absolute Gasteiger partial charge is 0.0776 e. The van der Waals surface area contributed by atoms with Crippen LogP contribution in [0.15, 0.2) is 48.5 Å². The Hall–Kier alpha value is -1.56. The maximum atomic E-state index is 2.42. The molecule has 0 amide bonds. The van der Waals surface area contributed by atoms with Crippen LogP contribution in [0.1, 0.15) is 56.6 Å². The van der Waals surface area contributed by atoms with Gasteiger partial charge in [0.05, 0.1) is 0 Å². The maximum absolute atomic E-state index is 2.42. The van der Waals surface area contributed by atoms with Crippen molar-refractivity contribution in [3.8, 4) is 11.1 Å². The van der Waals surface area contributed by atoms with E-state index >= 15 is 0 Å². The van der Waals surface area contributed by atoms with Crippen molar-refractivity contribution >= 4 is 0 Å². The fourth-order valence-corrected chi connectivity index (χ4v) is 3.32. The van der Waals surface area contributed by atoms with Crippen molar-refractivity contribution in [3.63, 3.8) is 0 Å². The highest BCUT2D eigenvalue weighted by atomic mass is 14.2. The molecule has 1 fully saturated rings. The third-order valence-electron chi connectivity index (χ3n) is 4.41. The van der Waals surface area contributed by atoms with Gasteiger partial charge in [-0.1, -0.05) is 75.2 Å². The van der Waals surface area contributed by atoms with Crippen LogP contribution in [0.2, 0.25) is 0 Å². The van der Waals surface area contributed by atoms with Crippen LogP contribution in [0.25, 0.3) is 11.1 Å². The molecule has 0 aromatic heterocycles. The molecule has 0 aliphatic heterocycles. The van der Waals surface area contributed by atoms with Crippen LogP contribution in [0.4, 0.5) is 0 Å². The summed E-state index contributed by atoms with van der Waals surface area (Å²) in [6, 6.07) is 17.8. The van der Waals surface area contributed by atoms with E-state index in [0.29, 0.717) is 0 Å². The van der Waals surface area contributed by atoms with E-state index in [2.05, 4.69) is 55.5 Å². The van der Waals surface area contributed by atoms with Gasteiger partial charge in [-0.3, -0.25) is 0 Å². The van der Waals surface area contributed by atoms with Crippen molar-refractivity contribution in [3.05, 3.63) is 59.7 Å². The van der Waals surface area contributed by atoms with Gasteiger partial charge in [-0.25, -0.2) is 0 Å². The number of aryl methyl sites for hydroxylation is 1. The topological polar surface area (TPSA) is 0 Å². The van der Waals surface area contributed by atoms with Crippen LogP contribution >= 0.6 is 0 Å². The lowest BCUT2D eigenvalue weighted by Gasteiger charge is -2.23. The molecule has 1 aliphatic rings. The predicted molar refractivity (Wildman–Crippen MR) is 89.2 cm³/mol. The van der Waals surface area contributed by atoms with Gasteiger partial charge in [-0.05, 0) is 47.9 Å². The fraction of sp³-hybridized carbons (Fsp3) is 0.400. The van der Waals surface area contributed by atoms with Crippen LogP contribution in [-0.4, -0.2) is 0 Å². The van der Waals surface area contributed by atoms with Gasteiger partial charge in [0, 0.05) is 0 Å². The first kappa shape index (κ1) is 14.8. The second kappa shape index (κ2) is 6.74. The summed E-state index contributed by atoms with van der Waals surface area (Å²) in [4.78, 5) is 0. The first-order valence-electron chi connectivity index (χ1n) is 7.50. The summed E-state index contributed by atoms with van der Waals surface area (Å²) in [6.07, 6.45) is 7.00. The molecule has 2 aromatic carbocycles. The predicted octanol–water partition coefficient (Wildman–Crippen LogP) is 6.35. The van der Waals surface area contributed by atoms with Gasteiger partial charge >= 0.3 is 0 Å². The SMILES string of the molecule is C.Cc1cc(C2CCCCC2)ccc1-c1ccccc1. The third kappa shape index (κ3) is 3.12. The molecule has 1 aliphatic carbocycles. The molecular weight excluding hydrogens is 240 g/mol. The lowest BCUT2D eigenvalue weighted by atomic mass is 9.83. The summed E-state index contributed by atoms with van der Waals surface area (Å²) in [5.41, 5.74) is 5.67. The Morgan fingerprint density at radius 1 is 0.850 bits per heavy atom. The lowest BCUT2D eigenvalue weighted by molar-refractivity contribution is 0.443. The molecule has 0 spiro atoms. The minimum atomic E-state index is 0. The van der Waals surface area contributed by atoms with E-state index < -0.39 is 0 Å². The molecule has 0 bridgehead atoms. The van der Waals surface area contributed by atoms with E-state index in [9.17, 15) is 0 Å². The molecule has 0 heteroatoms. The average Bonchev–Trinajstić information content (AvgIpc) is 2.49. The Bertz CT molecular complexity index is 533. The van der Waals surface area contributed by atoms with Gasteiger partial charge in [0.1, 0.15) is 0 Å². The van der Waals surface area contributed by atoms with Crippen molar-refractivity contribution in [2.24, 2.45) is 0 Å². The Morgan fingerprint density at radius 3 is 2.20 bits per heavy atom. The number of hydrogen-bond acceptors (Lipinski definition) is 0. The molecular formula is C20H26. The van der Waals surface area contributed by atoms with Crippen LogP contribution in [0, 0.1) is 6.92 Å². The van der Waals surface area contributed by atoms with E-state index in [0.717, 1.165) is 5.92 Å². The average molecular weight is 266 g/mol. The number of rotatable bonds is 2. The zero-order valence-electron chi connectivity index (χ0n) is 11.7. The third-order valence-corrected chi connectivity index (χ3v) is 4.41. The molecule has 3 rings (SSSR count). The Kier molecular flexibility index (Phi) is 5.00.